The number of hydrogen-bond donors (Lipinski definition) is 1. The van der Waals surface area contributed by atoms with Crippen LogP contribution in [0.1, 0.15) is 77.7 Å². The molecule has 0 bridgehead atoms. The van der Waals surface area contributed by atoms with E-state index < -0.39 is 0 Å². The molecule has 1 N–H and O–H groups in total. The molecule has 0 atom stereocenters. The van der Waals surface area contributed by atoms with E-state index in [1.54, 1.807) is 0 Å². The van der Waals surface area contributed by atoms with Gasteiger partial charge in [-0.2, -0.15) is 0 Å². The Bertz CT molecular complexity index is 656. The van der Waals surface area contributed by atoms with E-state index in [-0.39, 0.29) is 12.0 Å². The Morgan fingerprint density at radius 3 is 2.26 bits per heavy atom. The van der Waals surface area contributed by atoms with Crippen molar-refractivity contribution in [2.45, 2.75) is 72.8 Å². The zero-order chi connectivity index (χ0) is 17.2. The van der Waals surface area contributed by atoms with Crippen molar-refractivity contribution < 1.29 is 5.11 Å². The van der Waals surface area contributed by atoms with Gasteiger partial charge < -0.3 is 9.67 Å². The van der Waals surface area contributed by atoms with Gasteiger partial charge in [-0.1, -0.05) is 41.5 Å². The largest absolute Gasteiger partial charge is 0.396 e. The molecular formula is C18H30N4O. The van der Waals surface area contributed by atoms with Gasteiger partial charge in [0.05, 0.1) is 18.6 Å². The van der Waals surface area contributed by atoms with Gasteiger partial charge in [0, 0.05) is 17.9 Å². The molecule has 2 aromatic rings. The van der Waals surface area contributed by atoms with E-state index in [4.69, 9.17) is 9.97 Å². The lowest BCUT2D eigenvalue weighted by Crippen LogP contribution is -2.16. The number of imidazole rings is 1. The molecule has 0 aliphatic heterocycles. The van der Waals surface area contributed by atoms with Crippen LogP contribution in [0, 0.1) is 5.41 Å². The Labute approximate surface area is 139 Å². The average molecular weight is 318 g/mol. The van der Waals surface area contributed by atoms with Crippen molar-refractivity contribution in [3.05, 3.63) is 17.8 Å². The van der Waals surface area contributed by atoms with Crippen molar-refractivity contribution in [3.8, 4) is 0 Å². The van der Waals surface area contributed by atoms with Crippen LogP contribution in [0.25, 0.3) is 11.2 Å². The van der Waals surface area contributed by atoms with E-state index in [0.29, 0.717) is 11.8 Å². The maximum absolute atomic E-state index is 9.55. The molecule has 0 saturated heterocycles. The normalized spacial score (nSPS) is 15.9. The van der Waals surface area contributed by atoms with Crippen LogP contribution in [0.4, 0.5) is 0 Å². The first-order valence-corrected chi connectivity index (χ1v) is 8.79. The van der Waals surface area contributed by atoms with Crippen molar-refractivity contribution in [1.29, 1.82) is 0 Å². The quantitative estimate of drug-likeness (QED) is 0.909. The lowest BCUT2D eigenvalue weighted by atomic mass is 10.1. The monoisotopic (exact) mass is 318 g/mol. The van der Waals surface area contributed by atoms with Crippen molar-refractivity contribution in [2.75, 3.05) is 6.61 Å². The Balaban J connectivity index is 0.000000924. The van der Waals surface area contributed by atoms with Gasteiger partial charge in [0.2, 0.25) is 0 Å². The zero-order valence-corrected chi connectivity index (χ0v) is 15.3. The van der Waals surface area contributed by atoms with Crippen LogP contribution in [-0.4, -0.2) is 31.2 Å². The van der Waals surface area contributed by atoms with Gasteiger partial charge in [0.1, 0.15) is 11.3 Å². The highest BCUT2D eigenvalue weighted by Crippen LogP contribution is 2.46. The molecule has 128 valence electrons. The van der Waals surface area contributed by atoms with Crippen LogP contribution in [-0.2, 0) is 6.54 Å². The standard InChI is InChI=1S/C16H24N4O.C2H6/c1-10(2)12-13-15(19-14(18-12)11(3)4)20(9-17-13)7-16(8-21)5-6-16;1-2/h9-11,21H,5-8H2,1-4H3;1-2H3. The SMILES string of the molecule is CC.CC(C)c1nc(C(C)C)c2ncn(CC3(CO)CC3)c2n1. The summed E-state index contributed by atoms with van der Waals surface area (Å²) in [4.78, 5) is 14.0. The predicted octanol–water partition coefficient (Wildman–Crippen LogP) is 3.87. The predicted molar refractivity (Wildman–Crippen MR) is 93.6 cm³/mol. The van der Waals surface area contributed by atoms with Crippen LogP contribution in [0.3, 0.4) is 0 Å². The summed E-state index contributed by atoms with van der Waals surface area (Å²) < 4.78 is 2.10. The summed E-state index contributed by atoms with van der Waals surface area (Å²) in [5, 5.41) is 9.55. The molecule has 0 aromatic carbocycles. The third kappa shape index (κ3) is 3.55. The van der Waals surface area contributed by atoms with Crippen LogP contribution in [0.15, 0.2) is 6.33 Å². The summed E-state index contributed by atoms with van der Waals surface area (Å²) in [7, 11) is 0. The molecule has 1 saturated carbocycles. The molecule has 23 heavy (non-hydrogen) atoms. The lowest BCUT2D eigenvalue weighted by molar-refractivity contribution is 0.195. The van der Waals surface area contributed by atoms with Gasteiger partial charge in [0.25, 0.3) is 0 Å². The van der Waals surface area contributed by atoms with Crippen molar-refractivity contribution in [3.63, 3.8) is 0 Å². The second kappa shape index (κ2) is 6.95. The maximum Gasteiger partial charge on any atom is 0.163 e. The van der Waals surface area contributed by atoms with Crippen LogP contribution in [0.2, 0.25) is 0 Å². The summed E-state index contributed by atoms with van der Waals surface area (Å²) in [6.07, 6.45) is 4.02. The minimum atomic E-state index is 0.0502. The van der Waals surface area contributed by atoms with Gasteiger partial charge in [0.15, 0.2) is 5.65 Å². The van der Waals surface area contributed by atoms with Crippen LogP contribution in [0.5, 0.6) is 0 Å². The summed E-state index contributed by atoms with van der Waals surface area (Å²) >= 11 is 0. The van der Waals surface area contributed by atoms with E-state index in [9.17, 15) is 5.11 Å². The van der Waals surface area contributed by atoms with Gasteiger partial charge in [-0.05, 0) is 18.8 Å². The molecule has 2 heterocycles. The maximum atomic E-state index is 9.55. The number of aliphatic hydroxyl groups is 1. The second-order valence-electron chi connectivity index (χ2n) is 6.98. The topological polar surface area (TPSA) is 63.8 Å². The first-order valence-electron chi connectivity index (χ1n) is 8.79. The van der Waals surface area contributed by atoms with Gasteiger partial charge in [-0.15, -0.1) is 0 Å². The number of aliphatic hydroxyl groups excluding tert-OH is 1. The molecule has 5 nitrogen and oxygen atoms in total. The third-order valence-corrected chi connectivity index (χ3v) is 4.37. The van der Waals surface area contributed by atoms with E-state index in [0.717, 1.165) is 42.1 Å². The van der Waals surface area contributed by atoms with Crippen LogP contribution < -0.4 is 0 Å². The van der Waals surface area contributed by atoms with Crippen molar-refractivity contribution in [1.82, 2.24) is 19.5 Å². The van der Waals surface area contributed by atoms with E-state index in [1.807, 2.05) is 20.2 Å². The fraction of sp³-hybridized carbons (Fsp3) is 0.722. The molecule has 0 radical (unpaired) electrons. The van der Waals surface area contributed by atoms with Gasteiger partial charge >= 0.3 is 0 Å². The average Bonchev–Trinajstić information content (AvgIpc) is 3.21. The summed E-state index contributed by atoms with van der Waals surface area (Å²) in [5.41, 5.74) is 2.89. The third-order valence-electron chi connectivity index (χ3n) is 4.37. The molecular weight excluding hydrogens is 288 g/mol. The number of nitrogens with zero attached hydrogens (tertiary/aromatic N) is 4. The van der Waals surface area contributed by atoms with Crippen LogP contribution >= 0.6 is 0 Å². The molecule has 3 rings (SSSR count). The minimum absolute atomic E-state index is 0.0502. The molecule has 0 amide bonds. The highest BCUT2D eigenvalue weighted by Gasteiger charge is 2.42. The number of aromatic nitrogens is 4. The smallest absolute Gasteiger partial charge is 0.163 e. The minimum Gasteiger partial charge on any atom is -0.396 e. The highest BCUT2D eigenvalue weighted by atomic mass is 16.3. The van der Waals surface area contributed by atoms with Crippen molar-refractivity contribution in [2.24, 2.45) is 5.41 Å². The first-order chi connectivity index (χ1) is 11.0. The summed E-state index contributed by atoms with van der Waals surface area (Å²) in [6, 6.07) is 0. The highest BCUT2D eigenvalue weighted by molar-refractivity contribution is 5.74. The summed E-state index contributed by atoms with van der Waals surface area (Å²) in [5.74, 6) is 1.49. The molecule has 1 aliphatic rings. The molecule has 1 aliphatic carbocycles. The Morgan fingerprint density at radius 1 is 1.13 bits per heavy atom. The van der Waals surface area contributed by atoms with Gasteiger partial charge in [-0.25, -0.2) is 15.0 Å². The number of hydrogen-bond acceptors (Lipinski definition) is 4. The van der Waals surface area contributed by atoms with E-state index in [2.05, 4.69) is 37.2 Å². The Hall–Kier alpha value is -1.49. The summed E-state index contributed by atoms with van der Waals surface area (Å²) in [6.45, 7) is 13.5. The molecule has 0 unspecified atom stereocenters. The van der Waals surface area contributed by atoms with Crippen molar-refractivity contribution >= 4 is 11.2 Å². The van der Waals surface area contributed by atoms with E-state index in [1.165, 1.54) is 0 Å². The Morgan fingerprint density at radius 2 is 1.78 bits per heavy atom. The Kier molecular flexibility index (Phi) is 5.40. The fourth-order valence-corrected chi connectivity index (χ4v) is 2.66. The molecule has 1 fully saturated rings. The van der Waals surface area contributed by atoms with E-state index >= 15 is 0 Å². The molecule has 0 spiro atoms. The molecule has 2 aromatic heterocycles. The first kappa shape index (κ1) is 17.9. The van der Waals surface area contributed by atoms with Gasteiger partial charge in [-0.3, -0.25) is 0 Å². The fourth-order valence-electron chi connectivity index (χ4n) is 2.66. The second-order valence-corrected chi connectivity index (χ2v) is 6.98. The molecule has 5 heteroatoms. The number of rotatable bonds is 5. The number of fused-ring (bicyclic) bond motifs is 1. The lowest BCUT2D eigenvalue weighted by Gasteiger charge is -2.14. The zero-order valence-electron chi connectivity index (χ0n) is 15.3.